The Morgan fingerprint density at radius 3 is 3.00 bits per heavy atom. The van der Waals surface area contributed by atoms with Crippen molar-refractivity contribution in [2.45, 2.75) is 13.2 Å². The highest BCUT2D eigenvalue weighted by molar-refractivity contribution is 14.1. The fraction of sp³-hybridized carbons (Fsp3) is 0.273. The number of amides is 1. The molecule has 0 saturated heterocycles. The molecule has 1 N–H and O–H groups in total. The Bertz CT molecular complexity index is 415. The zero-order chi connectivity index (χ0) is 12.0. The summed E-state index contributed by atoms with van der Waals surface area (Å²) < 4.78 is 5.99. The number of benzene rings is 1. The van der Waals surface area contributed by atoms with Crippen molar-refractivity contribution in [2.24, 2.45) is 0 Å². The fourth-order valence-electron chi connectivity index (χ4n) is 1.11. The lowest BCUT2D eigenvalue weighted by atomic mass is 10.2. The normalized spacial score (nSPS) is 11.6. The Morgan fingerprint density at radius 1 is 1.69 bits per heavy atom. The molecule has 0 aliphatic carbocycles. The lowest BCUT2D eigenvalue weighted by Gasteiger charge is -2.11. The Labute approximate surface area is 108 Å². The Kier molecular flexibility index (Phi) is 5.22. The first kappa shape index (κ1) is 12.9. The van der Waals surface area contributed by atoms with E-state index in [4.69, 9.17) is 10.00 Å². The lowest BCUT2D eigenvalue weighted by molar-refractivity contribution is 0.0615. The highest BCUT2D eigenvalue weighted by atomic mass is 127. The number of hydrogen-bond donors (Lipinski definition) is 1. The minimum Gasteiger partial charge on any atom is -0.346 e. The molecule has 0 fully saturated rings. The van der Waals surface area contributed by atoms with Crippen molar-refractivity contribution in [2.75, 3.05) is 6.61 Å². The minimum absolute atomic E-state index is 0.307. The Morgan fingerprint density at radius 2 is 2.44 bits per heavy atom. The molecule has 0 radical (unpaired) electrons. The standard InChI is InChI=1S/C11H11IN2O2/c1-2-16-10(7-13)14-11(15)8-4-3-5-9(12)6-8/h3-6,10H,2H2,1H3,(H,14,15). The number of carbonyl (C=O) groups is 1. The Balaban J connectivity index is 2.69. The van der Waals surface area contributed by atoms with Crippen LogP contribution >= 0.6 is 22.6 Å². The molecular formula is C11H11IN2O2. The zero-order valence-corrected chi connectivity index (χ0v) is 10.9. The van der Waals surface area contributed by atoms with Gasteiger partial charge in [-0.15, -0.1) is 0 Å². The van der Waals surface area contributed by atoms with E-state index in [0.29, 0.717) is 12.2 Å². The summed E-state index contributed by atoms with van der Waals surface area (Å²) >= 11 is 2.12. The number of nitrogens with zero attached hydrogens (tertiary/aromatic N) is 1. The van der Waals surface area contributed by atoms with Crippen LogP contribution in [0.5, 0.6) is 0 Å². The molecule has 0 aromatic heterocycles. The summed E-state index contributed by atoms with van der Waals surface area (Å²) in [5, 5.41) is 11.2. The van der Waals surface area contributed by atoms with Crippen LogP contribution in [-0.2, 0) is 4.74 Å². The van der Waals surface area contributed by atoms with E-state index in [2.05, 4.69) is 27.9 Å². The van der Waals surface area contributed by atoms with E-state index in [1.165, 1.54) is 0 Å². The maximum absolute atomic E-state index is 11.7. The van der Waals surface area contributed by atoms with Gasteiger partial charge in [-0.05, 0) is 47.7 Å². The molecule has 0 heterocycles. The van der Waals surface area contributed by atoms with Crippen LogP contribution < -0.4 is 5.32 Å². The Hall–Kier alpha value is -1.13. The molecule has 1 unspecified atom stereocenters. The maximum Gasteiger partial charge on any atom is 0.254 e. The number of hydrogen-bond acceptors (Lipinski definition) is 3. The second-order valence-corrected chi connectivity index (χ2v) is 4.19. The summed E-state index contributed by atoms with van der Waals surface area (Å²) in [6, 6.07) is 8.98. The average molecular weight is 330 g/mol. The van der Waals surface area contributed by atoms with Gasteiger partial charge in [0.2, 0.25) is 6.23 Å². The first-order chi connectivity index (χ1) is 7.67. The van der Waals surface area contributed by atoms with Crippen molar-refractivity contribution >= 4 is 28.5 Å². The highest BCUT2D eigenvalue weighted by Crippen LogP contribution is 2.07. The second-order valence-electron chi connectivity index (χ2n) is 2.95. The van der Waals surface area contributed by atoms with Gasteiger partial charge in [0.25, 0.3) is 5.91 Å². The molecule has 16 heavy (non-hydrogen) atoms. The zero-order valence-electron chi connectivity index (χ0n) is 8.74. The summed E-state index contributed by atoms with van der Waals surface area (Å²) in [7, 11) is 0. The molecule has 0 spiro atoms. The monoisotopic (exact) mass is 330 g/mol. The number of rotatable bonds is 4. The molecule has 0 aliphatic heterocycles. The average Bonchev–Trinajstić information content (AvgIpc) is 2.28. The van der Waals surface area contributed by atoms with Crippen molar-refractivity contribution in [3.63, 3.8) is 0 Å². The van der Waals surface area contributed by atoms with Gasteiger partial charge in [0, 0.05) is 15.7 Å². The van der Waals surface area contributed by atoms with Crippen LogP contribution in [0.4, 0.5) is 0 Å². The van der Waals surface area contributed by atoms with E-state index in [1.807, 2.05) is 12.1 Å². The first-order valence-electron chi connectivity index (χ1n) is 4.75. The second kappa shape index (κ2) is 6.45. The SMILES string of the molecule is CCOC(C#N)NC(=O)c1cccc(I)c1. The van der Waals surface area contributed by atoms with Crippen LogP contribution in [0.15, 0.2) is 24.3 Å². The van der Waals surface area contributed by atoms with Crippen molar-refractivity contribution in [3.05, 3.63) is 33.4 Å². The molecule has 0 bridgehead atoms. The summed E-state index contributed by atoms with van der Waals surface area (Å²) in [6.07, 6.45) is -0.893. The molecule has 0 saturated carbocycles. The fourth-order valence-corrected chi connectivity index (χ4v) is 1.65. The molecule has 1 aromatic carbocycles. The molecule has 4 nitrogen and oxygen atoms in total. The van der Waals surface area contributed by atoms with Gasteiger partial charge < -0.3 is 10.1 Å². The van der Waals surface area contributed by atoms with E-state index in [9.17, 15) is 4.79 Å². The van der Waals surface area contributed by atoms with Crippen LogP contribution in [0, 0.1) is 14.9 Å². The van der Waals surface area contributed by atoms with Gasteiger partial charge in [-0.25, -0.2) is 0 Å². The van der Waals surface area contributed by atoms with E-state index in [-0.39, 0.29) is 5.91 Å². The van der Waals surface area contributed by atoms with E-state index in [0.717, 1.165) is 3.57 Å². The summed E-state index contributed by atoms with van der Waals surface area (Å²) in [5.74, 6) is -0.307. The number of carbonyl (C=O) groups excluding carboxylic acids is 1. The van der Waals surface area contributed by atoms with Crippen LogP contribution in [0.2, 0.25) is 0 Å². The molecular weight excluding hydrogens is 319 g/mol. The predicted molar refractivity (Wildman–Crippen MR) is 67.7 cm³/mol. The maximum atomic E-state index is 11.7. The summed E-state index contributed by atoms with van der Waals surface area (Å²) in [6.45, 7) is 2.15. The largest absolute Gasteiger partial charge is 0.346 e. The van der Waals surface area contributed by atoms with Gasteiger partial charge in [0.05, 0.1) is 0 Å². The smallest absolute Gasteiger partial charge is 0.254 e. The quantitative estimate of drug-likeness (QED) is 0.678. The number of nitrogens with one attached hydrogen (secondary N) is 1. The van der Waals surface area contributed by atoms with E-state index in [1.54, 1.807) is 25.1 Å². The van der Waals surface area contributed by atoms with Gasteiger partial charge in [-0.3, -0.25) is 4.79 Å². The van der Waals surface area contributed by atoms with E-state index < -0.39 is 6.23 Å². The predicted octanol–water partition coefficient (Wildman–Crippen LogP) is 1.91. The molecule has 1 aromatic rings. The van der Waals surface area contributed by atoms with E-state index >= 15 is 0 Å². The molecule has 0 aliphatic rings. The van der Waals surface area contributed by atoms with Gasteiger partial charge in [0.1, 0.15) is 6.07 Å². The van der Waals surface area contributed by atoms with Crippen molar-refractivity contribution in [1.29, 1.82) is 5.26 Å². The third-order valence-corrected chi connectivity index (χ3v) is 2.47. The molecule has 1 amide bonds. The molecule has 5 heteroatoms. The van der Waals surface area contributed by atoms with Gasteiger partial charge >= 0.3 is 0 Å². The molecule has 1 rings (SSSR count). The topological polar surface area (TPSA) is 62.1 Å². The van der Waals surface area contributed by atoms with Crippen molar-refractivity contribution < 1.29 is 9.53 Å². The van der Waals surface area contributed by atoms with Gasteiger partial charge in [-0.2, -0.15) is 5.26 Å². The van der Waals surface area contributed by atoms with Crippen LogP contribution in [0.3, 0.4) is 0 Å². The minimum atomic E-state index is -0.893. The number of ether oxygens (including phenoxy) is 1. The first-order valence-corrected chi connectivity index (χ1v) is 5.83. The summed E-state index contributed by atoms with van der Waals surface area (Å²) in [4.78, 5) is 11.7. The number of halogens is 1. The molecule has 1 atom stereocenters. The molecule has 84 valence electrons. The third kappa shape index (κ3) is 3.79. The number of nitriles is 1. The van der Waals surface area contributed by atoms with Gasteiger partial charge in [0.15, 0.2) is 0 Å². The van der Waals surface area contributed by atoms with Gasteiger partial charge in [-0.1, -0.05) is 6.07 Å². The van der Waals surface area contributed by atoms with Crippen molar-refractivity contribution in [1.82, 2.24) is 5.32 Å². The highest BCUT2D eigenvalue weighted by Gasteiger charge is 2.12. The lowest BCUT2D eigenvalue weighted by Crippen LogP contribution is -2.35. The summed E-state index contributed by atoms with van der Waals surface area (Å²) in [5.41, 5.74) is 0.520. The third-order valence-electron chi connectivity index (χ3n) is 1.80. The van der Waals surface area contributed by atoms with Crippen LogP contribution in [0.25, 0.3) is 0 Å². The van der Waals surface area contributed by atoms with Crippen LogP contribution in [-0.4, -0.2) is 18.7 Å². The van der Waals surface area contributed by atoms with Crippen LogP contribution in [0.1, 0.15) is 17.3 Å². The van der Waals surface area contributed by atoms with Crippen molar-refractivity contribution in [3.8, 4) is 6.07 Å².